The Labute approximate surface area is 162 Å². The number of H-pyrrole nitrogens is 1. The van der Waals surface area contributed by atoms with Crippen LogP contribution in [0.15, 0.2) is 10.9 Å². The summed E-state index contributed by atoms with van der Waals surface area (Å²) in [6, 6.07) is -0.837. The molecule has 1 aliphatic rings. The molecule has 0 atom stereocenters. The SMILES string of the molecule is O=C(Nc1c(Nc2nc(C(F)(F)F)cc(C(F)(F)F)n2)s[nH]c1=O)N1CCCC1. The number of aromatic nitrogens is 3. The van der Waals surface area contributed by atoms with Crippen LogP contribution in [0.1, 0.15) is 24.2 Å². The number of rotatable bonds is 3. The van der Waals surface area contributed by atoms with E-state index < -0.39 is 41.3 Å². The van der Waals surface area contributed by atoms with Crippen molar-refractivity contribution in [2.45, 2.75) is 25.2 Å². The number of anilines is 3. The zero-order chi connectivity index (χ0) is 21.4. The zero-order valence-electron chi connectivity index (χ0n) is 14.2. The number of aromatic amines is 1. The van der Waals surface area contributed by atoms with Gasteiger partial charge < -0.3 is 15.5 Å². The van der Waals surface area contributed by atoms with Gasteiger partial charge in [-0.3, -0.25) is 9.17 Å². The first-order chi connectivity index (χ1) is 13.4. The number of amides is 2. The molecule has 0 saturated carbocycles. The van der Waals surface area contributed by atoms with Gasteiger partial charge in [-0.25, -0.2) is 14.8 Å². The van der Waals surface area contributed by atoms with E-state index in [2.05, 4.69) is 25.0 Å². The fourth-order valence-corrected chi connectivity index (χ4v) is 3.19. The predicted molar refractivity (Wildman–Crippen MR) is 90.1 cm³/mol. The minimum absolute atomic E-state index is 0.221. The van der Waals surface area contributed by atoms with Crippen LogP contribution >= 0.6 is 11.5 Å². The molecule has 2 aromatic heterocycles. The number of urea groups is 1. The highest BCUT2D eigenvalue weighted by molar-refractivity contribution is 7.11. The monoisotopic (exact) mass is 442 g/mol. The number of hydrogen-bond donors (Lipinski definition) is 3. The van der Waals surface area contributed by atoms with E-state index in [1.54, 1.807) is 0 Å². The highest BCUT2D eigenvalue weighted by atomic mass is 32.1. The molecule has 8 nitrogen and oxygen atoms in total. The summed E-state index contributed by atoms with van der Waals surface area (Å²) < 4.78 is 79.6. The minimum atomic E-state index is -5.16. The van der Waals surface area contributed by atoms with Gasteiger partial charge in [-0.05, 0) is 30.4 Å². The smallest absolute Gasteiger partial charge is 0.325 e. The molecule has 1 fully saturated rings. The Morgan fingerprint density at radius 3 is 2.14 bits per heavy atom. The molecule has 0 aromatic carbocycles. The van der Waals surface area contributed by atoms with Crippen molar-refractivity contribution in [3.63, 3.8) is 0 Å². The maximum atomic E-state index is 12.9. The third kappa shape index (κ3) is 4.78. The van der Waals surface area contributed by atoms with Crippen LogP contribution in [0.25, 0.3) is 0 Å². The average Bonchev–Trinajstić information content (AvgIpc) is 3.26. The summed E-state index contributed by atoms with van der Waals surface area (Å²) >= 11 is 0.558. The lowest BCUT2D eigenvalue weighted by Gasteiger charge is -2.16. The Bertz CT molecular complexity index is 930. The number of nitrogens with one attached hydrogen (secondary N) is 3. The van der Waals surface area contributed by atoms with Gasteiger partial charge in [0.1, 0.15) is 10.7 Å². The Kier molecular flexibility index (Phi) is 5.42. The molecule has 0 bridgehead atoms. The van der Waals surface area contributed by atoms with Crippen molar-refractivity contribution in [1.29, 1.82) is 0 Å². The van der Waals surface area contributed by atoms with E-state index in [-0.39, 0.29) is 16.8 Å². The topological polar surface area (TPSA) is 103 Å². The van der Waals surface area contributed by atoms with Crippen LogP contribution in [0.4, 0.5) is 47.8 Å². The summed E-state index contributed by atoms with van der Waals surface area (Å²) in [6.07, 6.45) is -8.76. The fraction of sp³-hybridized carbons (Fsp3) is 0.429. The van der Waals surface area contributed by atoms with Crippen LogP contribution < -0.4 is 16.2 Å². The van der Waals surface area contributed by atoms with Crippen molar-refractivity contribution in [2.24, 2.45) is 0 Å². The lowest BCUT2D eigenvalue weighted by Crippen LogP contribution is -2.33. The highest BCUT2D eigenvalue weighted by Crippen LogP contribution is 2.35. The van der Waals surface area contributed by atoms with Gasteiger partial charge in [-0.2, -0.15) is 26.3 Å². The predicted octanol–water partition coefficient (Wildman–Crippen LogP) is 3.64. The second-order valence-corrected chi connectivity index (χ2v) is 6.76. The number of halogens is 6. The molecule has 1 saturated heterocycles. The molecule has 15 heteroatoms. The van der Waals surface area contributed by atoms with Crippen molar-refractivity contribution in [2.75, 3.05) is 23.7 Å². The molecule has 3 N–H and O–H groups in total. The molecule has 29 heavy (non-hydrogen) atoms. The van der Waals surface area contributed by atoms with Gasteiger partial charge in [0.25, 0.3) is 5.56 Å². The van der Waals surface area contributed by atoms with Gasteiger partial charge in [0.15, 0.2) is 11.4 Å². The maximum Gasteiger partial charge on any atom is 0.433 e. The van der Waals surface area contributed by atoms with Crippen LogP contribution in [-0.4, -0.2) is 38.4 Å². The van der Waals surface area contributed by atoms with Crippen LogP contribution in [0, 0.1) is 0 Å². The van der Waals surface area contributed by atoms with E-state index in [0.717, 1.165) is 12.8 Å². The summed E-state index contributed by atoms with van der Waals surface area (Å²) in [7, 11) is 0. The number of likely N-dealkylation sites (tertiary alicyclic amines) is 1. The van der Waals surface area contributed by atoms with E-state index >= 15 is 0 Å². The van der Waals surface area contributed by atoms with Crippen molar-refractivity contribution in [3.05, 3.63) is 27.8 Å². The van der Waals surface area contributed by atoms with Gasteiger partial charge in [0, 0.05) is 13.1 Å². The molecule has 0 spiro atoms. The van der Waals surface area contributed by atoms with E-state index in [0.29, 0.717) is 24.6 Å². The molecular formula is C14H12F6N6O2S. The third-order valence-electron chi connectivity index (χ3n) is 3.86. The number of carbonyl (C=O) groups is 1. The van der Waals surface area contributed by atoms with E-state index in [1.165, 1.54) is 4.90 Å². The molecule has 0 unspecified atom stereocenters. The first-order valence-corrected chi connectivity index (χ1v) is 8.84. The van der Waals surface area contributed by atoms with Crippen LogP contribution in [-0.2, 0) is 12.4 Å². The molecule has 158 valence electrons. The number of alkyl halides is 6. The average molecular weight is 442 g/mol. The summed E-state index contributed by atoms with van der Waals surface area (Å²) in [5.74, 6) is -1.03. The van der Waals surface area contributed by atoms with Crippen molar-refractivity contribution in [3.8, 4) is 0 Å². The van der Waals surface area contributed by atoms with Crippen molar-refractivity contribution < 1.29 is 31.1 Å². The minimum Gasteiger partial charge on any atom is -0.325 e. The Hall–Kier alpha value is -2.84. The quantitative estimate of drug-likeness (QED) is 0.630. The highest BCUT2D eigenvalue weighted by Gasteiger charge is 2.39. The summed E-state index contributed by atoms with van der Waals surface area (Å²) in [4.78, 5) is 31.6. The molecule has 1 aliphatic heterocycles. The Morgan fingerprint density at radius 2 is 1.62 bits per heavy atom. The second-order valence-electron chi connectivity index (χ2n) is 5.94. The van der Waals surface area contributed by atoms with Crippen LogP contribution in [0.2, 0.25) is 0 Å². The van der Waals surface area contributed by atoms with E-state index in [9.17, 15) is 35.9 Å². The Balaban J connectivity index is 1.92. The molecule has 2 aromatic rings. The number of carbonyl (C=O) groups excluding carboxylic acids is 1. The first-order valence-electron chi connectivity index (χ1n) is 8.03. The summed E-state index contributed by atoms with van der Waals surface area (Å²) in [5, 5.41) is 4.21. The van der Waals surface area contributed by atoms with Gasteiger partial charge in [-0.1, -0.05) is 0 Å². The number of nitrogens with zero attached hydrogens (tertiary/aromatic N) is 3. The maximum absolute atomic E-state index is 12.9. The normalized spacial score (nSPS) is 14.9. The van der Waals surface area contributed by atoms with Gasteiger partial charge in [-0.15, -0.1) is 0 Å². The second kappa shape index (κ2) is 7.53. The Morgan fingerprint density at radius 1 is 1.07 bits per heavy atom. The number of hydrogen-bond acceptors (Lipinski definition) is 6. The zero-order valence-corrected chi connectivity index (χ0v) is 15.1. The largest absolute Gasteiger partial charge is 0.433 e. The molecule has 3 heterocycles. The van der Waals surface area contributed by atoms with E-state index in [4.69, 9.17) is 0 Å². The van der Waals surface area contributed by atoms with Crippen LogP contribution in [0.5, 0.6) is 0 Å². The lowest BCUT2D eigenvalue weighted by atomic mass is 10.3. The van der Waals surface area contributed by atoms with Gasteiger partial charge in [0.05, 0.1) is 0 Å². The van der Waals surface area contributed by atoms with Crippen molar-refractivity contribution in [1.82, 2.24) is 19.2 Å². The lowest BCUT2D eigenvalue weighted by molar-refractivity contribution is -0.147. The molecule has 3 rings (SSSR count). The van der Waals surface area contributed by atoms with Gasteiger partial charge in [0.2, 0.25) is 5.95 Å². The molecular weight excluding hydrogens is 430 g/mol. The standard InChI is InChI=1S/C14H12F6N6O2S/c15-13(16,17)6-5-7(14(18,19)20)22-11(21-6)24-10-8(9(27)25-29-10)23-12(28)26-3-1-2-4-26/h5H,1-4H2,(H,23,28)(H,25,27)(H,21,22,24). The van der Waals surface area contributed by atoms with Gasteiger partial charge >= 0.3 is 18.4 Å². The molecule has 2 amide bonds. The first kappa shape index (κ1) is 20.9. The summed E-state index contributed by atoms with van der Waals surface area (Å²) in [6.45, 7) is 0.921. The van der Waals surface area contributed by atoms with E-state index in [1.807, 2.05) is 0 Å². The fourth-order valence-electron chi connectivity index (χ4n) is 2.51. The summed E-state index contributed by atoms with van der Waals surface area (Å²) in [5.41, 5.74) is -4.77. The van der Waals surface area contributed by atoms with Crippen molar-refractivity contribution >= 4 is 34.2 Å². The molecule has 0 aliphatic carbocycles. The van der Waals surface area contributed by atoms with Crippen LogP contribution in [0.3, 0.4) is 0 Å². The third-order valence-corrected chi connectivity index (χ3v) is 4.66. The molecule has 0 radical (unpaired) electrons.